The highest BCUT2D eigenvalue weighted by molar-refractivity contribution is 5.55. The third kappa shape index (κ3) is 6.90. The van der Waals surface area contributed by atoms with Crippen molar-refractivity contribution in [3.8, 4) is 11.4 Å². The van der Waals surface area contributed by atoms with Gasteiger partial charge in [0, 0.05) is 17.5 Å². The minimum absolute atomic E-state index is 0.852. The molecule has 26 heavy (non-hydrogen) atoms. The third-order valence-corrected chi connectivity index (χ3v) is 5.13. The number of aromatic nitrogens is 2. The standard InChI is InChI=1S/C24H36N2/c1-4-6-7-8-9-10-11-12-14-23-19-25-24(26-20(23)3)22-17-15-21(13-5-2)16-18-22/h15-19H,4-14H2,1-3H3. The van der Waals surface area contributed by atoms with Crippen LogP contribution in [-0.4, -0.2) is 9.97 Å². The minimum atomic E-state index is 0.852. The molecule has 0 unspecified atom stereocenters. The van der Waals surface area contributed by atoms with Crippen LogP contribution >= 0.6 is 0 Å². The van der Waals surface area contributed by atoms with E-state index < -0.39 is 0 Å². The zero-order valence-corrected chi connectivity index (χ0v) is 17.1. The van der Waals surface area contributed by atoms with Gasteiger partial charge in [0.1, 0.15) is 0 Å². The summed E-state index contributed by atoms with van der Waals surface area (Å²) < 4.78 is 0. The number of rotatable bonds is 12. The second-order valence-electron chi connectivity index (χ2n) is 7.48. The molecule has 0 saturated heterocycles. The number of benzene rings is 1. The van der Waals surface area contributed by atoms with Crippen LogP contribution in [0.4, 0.5) is 0 Å². The zero-order chi connectivity index (χ0) is 18.6. The average molecular weight is 353 g/mol. The Kier molecular flexibility index (Phi) is 9.38. The largest absolute Gasteiger partial charge is 0.236 e. The van der Waals surface area contributed by atoms with Crippen LogP contribution in [0.3, 0.4) is 0 Å². The Bertz CT molecular complexity index is 631. The predicted molar refractivity (Wildman–Crippen MR) is 113 cm³/mol. The van der Waals surface area contributed by atoms with Gasteiger partial charge in [-0.2, -0.15) is 0 Å². The molecule has 2 aromatic rings. The van der Waals surface area contributed by atoms with Gasteiger partial charge in [-0.1, -0.05) is 89.5 Å². The molecule has 2 rings (SSSR count). The minimum Gasteiger partial charge on any atom is -0.236 e. The molecule has 1 heterocycles. The molecule has 0 amide bonds. The Morgan fingerprint density at radius 1 is 0.731 bits per heavy atom. The molecule has 2 nitrogen and oxygen atoms in total. The van der Waals surface area contributed by atoms with E-state index in [4.69, 9.17) is 4.98 Å². The lowest BCUT2D eigenvalue weighted by Crippen LogP contribution is -1.98. The molecule has 0 saturated carbocycles. The van der Waals surface area contributed by atoms with E-state index in [1.165, 1.54) is 68.9 Å². The molecule has 0 fully saturated rings. The molecule has 0 atom stereocenters. The topological polar surface area (TPSA) is 25.8 Å². The van der Waals surface area contributed by atoms with Gasteiger partial charge in [0.25, 0.3) is 0 Å². The number of aryl methyl sites for hydroxylation is 3. The van der Waals surface area contributed by atoms with Crippen molar-refractivity contribution in [3.05, 3.63) is 47.3 Å². The molecule has 0 bridgehead atoms. The van der Waals surface area contributed by atoms with Gasteiger partial charge in [0.05, 0.1) is 0 Å². The first-order chi connectivity index (χ1) is 12.7. The number of unbranched alkanes of at least 4 members (excludes halogenated alkanes) is 7. The van der Waals surface area contributed by atoms with E-state index in [9.17, 15) is 0 Å². The first kappa shape index (κ1) is 20.6. The molecule has 1 aromatic heterocycles. The van der Waals surface area contributed by atoms with Gasteiger partial charge >= 0.3 is 0 Å². The Hall–Kier alpha value is -1.70. The summed E-state index contributed by atoms with van der Waals surface area (Å²) in [7, 11) is 0. The summed E-state index contributed by atoms with van der Waals surface area (Å²) in [6.07, 6.45) is 16.3. The first-order valence-corrected chi connectivity index (χ1v) is 10.7. The second kappa shape index (κ2) is 11.8. The smallest absolute Gasteiger partial charge is 0.159 e. The summed E-state index contributed by atoms with van der Waals surface area (Å²) in [6.45, 7) is 6.61. The van der Waals surface area contributed by atoms with Crippen molar-refractivity contribution in [2.24, 2.45) is 0 Å². The van der Waals surface area contributed by atoms with Crippen LogP contribution in [0.2, 0.25) is 0 Å². The van der Waals surface area contributed by atoms with E-state index in [0.29, 0.717) is 0 Å². The van der Waals surface area contributed by atoms with E-state index in [0.717, 1.165) is 29.9 Å². The molecule has 142 valence electrons. The zero-order valence-electron chi connectivity index (χ0n) is 17.1. The first-order valence-electron chi connectivity index (χ1n) is 10.7. The predicted octanol–water partition coefficient (Wildman–Crippen LogP) is 7.09. The van der Waals surface area contributed by atoms with Crippen LogP contribution < -0.4 is 0 Å². The van der Waals surface area contributed by atoms with Crippen LogP contribution in [0.15, 0.2) is 30.5 Å². The number of hydrogen-bond donors (Lipinski definition) is 0. The van der Waals surface area contributed by atoms with Crippen LogP contribution in [-0.2, 0) is 12.8 Å². The van der Waals surface area contributed by atoms with Gasteiger partial charge < -0.3 is 0 Å². The van der Waals surface area contributed by atoms with Crippen LogP contribution in [0.1, 0.15) is 88.5 Å². The molecule has 0 aliphatic rings. The highest BCUT2D eigenvalue weighted by Crippen LogP contribution is 2.19. The van der Waals surface area contributed by atoms with Gasteiger partial charge in [-0.05, 0) is 37.3 Å². The van der Waals surface area contributed by atoms with E-state index in [-0.39, 0.29) is 0 Å². The van der Waals surface area contributed by atoms with Crippen molar-refractivity contribution in [2.45, 2.75) is 91.4 Å². The van der Waals surface area contributed by atoms with Crippen LogP contribution in [0.25, 0.3) is 11.4 Å². The Labute approximate surface area is 160 Å². The highest BCUT2D eigenvalue weighted by atomic mass is 14.9. The van der Waals surface area contributed by atoms with Gasteiger partial charge in [0.15, 0.2) is 5.82 Å². The summed E-state index contributed by atoms with van der Waals surface area (Å²) >= 11 is 0. The lowest BCUT2D eigenvalue weighted by molar-refractivity contribution is 0.575. The Morgan fingerprint density at radius 3 is 2.00 bits per heavy atom. The summed E-state index contributed by atoms with van der Waals surface area (Å²) in [5.41, 5.74) is 4.95. The summed E-state index contributed by atoms with van der Waals surface area (Å²) in [4.78, 5) is 9.38. The van der Waals surface area contributed by atoms with Gasteiger partial charge in [-0.15, -0.1) is 0 Å². The fourth-order valence-electron chi connectivity index (χ4n) is 3.44. The number of nitrogens with zero attached hydrogens (tertiary/aromatic N) is 2. The lowest BCUT2D eigenvalue weighted by atomic mass is 10.0. The van der Waals surface area contributed by atoms with E-state index in [2.05, 4.69) is 50.0 Å². The average Bonchev–Trinajstić information content (AvgIpc) is 2.66. The monoisotopic (exact) mass is 352 g/mol. The van der Waals surface area contributed by atoms with Gasteiger partial charge in [-0.25, -0.2) is 9.97 Å². The molecular weight excluding hydrogens is 316 g/mol. The SMILES string of the molecule is CCCCCCCCCCc1cnc(-c2ccc(CCC)cc2)nc1C. The highest BCUT2D eigenvalue weighted by Gasteiger charge is 2.06. The Morgan fingerprint density at radius 2 is 1.38 bits per heavy atom. The fraction of sp³-hybridized carbons (Fsp3) is 0.583. The molecule has 1 aromatic carbocycles. The van der Waals surface area contributed by atoms with E-state index in [1.54, 1.807) is 0 Å². The molecule has 0 spiro atoms. The molecule has 0 N–H and O–H groups in total. The molecular formula is C24H36N2. The maximum atomic E-state index is 4.76. The van der Waals surface area contributed by atoms with E-state index in [1.807, 2.05) is 6.20 Å². The van der Waals surface area contributed by atoms with Crippen LogP contribution in [0, 0.1) is 6.92 Å². The molecule has 0 aliphatic carbocycles. The Balaban J connectivity index is 1.79. The molecule has 0 radical (unpaired) electrons. The summed E-state index contributed by atoms with van der Waals surface area (Å²) in [6, 6.07) is 8.70. The fourth-order valence-corrected chi connectivity index (χ4v) is 3.44. The van der Waals surface area contributed by atoms with Crippen LogP contribution in [0.5, 0.6) is 0 Å². The quantitative estimate of drug-likeness (QED) is 0.381. The van der Waals surface area contributed by atoms with Crippen molar-refractivity contribution >= 4 is 0 Å². The van der Waals surface area contributed by atoms with Crippen molar-refractivity contribution in [1.82, 2.24) is 9.97 Å². The van der Waals surface area contributed by atoms with Gasteiger partial charge in [-0.3, -0.25) is 0 Å². The summed E-state index contributed by atoms with van der Waals surface area (Å²) in [5, 5.41) is 0. The van der Waals surface area contributed by atoms with Crippen molar-refractivity contribution < 1.29 is 0 Å². The number of hydrogen-bond acceptors (Lipinski definition) is 2. The van der Waals surface area contributed by atoms with Crippen molar-refractivity contribution in [2.75, 3.05) is 0 Å². The molecule has 2 heteroatoms. The maximum Gasteiger partial charge on any atom is 0.159 e. The van der Waals surface area contributed by atoms with Crippen molar-refractivity contribution in [3.63, 3.8) is 0 Å². The normalized spacial score (nSPS) is 11.0. The van der Waals surface area contributed by atoms with Gasteiger partial charge in [0.2, 0.25) is 0 Å². The third-order valence-electron chi connectivity index (χ3n) is 5.13. The summed E-state index contributed by atoms with van der Waals surface area (Å²) in [5.74, 6) is 0.852. The maximum absolute atomic E-state index is 4.76. The van der Waals surface area contributed by atoms with E-state index >= 15 is 0 Å². The van der Waals surface area contributed by atoms with Crippen molar-refractivity contribution in [1.29, 1.82) is 0 Å². The lowest BCUT2D eigenvalue weighted by Gasteiger charge is -2.08. The molecule has 0 aliphatic heterocycles. The second-order valence-corrected chi connectivity index (χ2v) is 7.48.